The number of carbonyl (C=O) groups is 1. The highest BCUT2D eigenvalue weighted by Crippen LogP contribution is 2.17. The molecule has 1 rings (SSSR count). The summed E-state index contributed by atoms with van der Waals surface area (Å²) in [7, 11) is 0. The Hall–Kier alpha value is -1.32. The molecule has 0 unspecified atom stereocenters. The van der Waals surface area contributed by atoms with Gasteiger partial charge in [0.05, 0.1) is 0 Å². The number of carbonyl (C=O) groups excluding carboxylic acids is 1. The summed E-state index contributed by atoms with van der Waals surface area (Å²) >= 11 is 0. The number of pyridine rings is 1. The first kappa shape index (κ1) is 8.77. The molecular weight excluding hydrogens is 164 g/mol. The lowest BCUT2D eigenvalue weighted by molar-refractivity contribution is 0.0221. The first-order valence-corrected chi connectivity index (χ1v) is 3.34. The molecule has 0 spiro atoms. The normalized spacial score (nSPS) is 11.2. The van der Waals surface area contributed by atoms with Crippen LogP contribution < -0.4 is 0 Å². The lowest BCUT2D eigenvalue weighted by atomic mass is 10.1. The van der Waals surface area contributed by atoms with Gasteiger partial charge in [0.2, 0.25) is 5.78 Å². The van der Waals surface area contributed by atoms with Crippen LogP contribution in [0.25, 0.3) is 0 Å². The average molecular weight is 171 g/mol. The second-order valence-corrected chi connectivity index (χ2v) is 2.46. The second kappa shape index (κ2) is 2.97. The van der Waals surface area contributed by atoms with Crippen LogP contribution in [0.2, 0.25) is 0 Å². The number of alkyl halides is 2. The van der Waals surface area contributed by atoms with Crippen molar-refractivity contribution in [3.8, 4) is 0 Å². The Kier molecular flexibility index (Phi) is 2.17. The largest absolute Gasteiger partial charge is 0.307 e. The topological polar surface area (TPSA) is 30.0 Å². The molecular formula is C8H7F2NO. The molecule has 1 heterocycles. The highest BCUT2D eigenvalue weighted by molar-refractivity contribution is 6.00. The molecule has 0 aliphatic carbocycles. The molecule has 1 aromatic heterocycles. The number of halogens is 2. The summed E-state index contributed by atoms with van der Waals surface area (Å²) in [6.07, 6.45) is 2.55. The summed E-state index contributed by atoms with van der Waals surface area (Å²) in [5.41, 5.74) is -0.0648. The third-order valence-electron chi connectivity index (χ3n) is 1.32. The van der Waals surface area contributed by atoms with Crippen molar-refractivity contribution < 1.29 is 13.6 Å². The van der Waals surface area contributed by atoms with Gasteiger partial charge in [-0.05, 0) is 12.1 Å². The van der Waals surface area contributed by atoms with Gasteiger partial charge in [0.15, 0.2) is 0 Å². The molecule has 12 heavy (non-hydrogen) atoms. The van der Waals surface area contributed by atoms with E-state index in [1.165, 1.54) is 18.3 Å². The van der Waals surface area contributed by atoms with Crippen LogP contribution in [0.1, 0.15) is 17.3 Å². The maximum Gasteiger partial charge on any atom is 0.307 e. The maximum absolute atomic E-state index is 12.4. The first-order valence-electron chi connectivity index (χ1n) is 3.34. The van der Waals surface area contributed by atoms with Gasteiger partial charge in [0.1, 0.15) is 0 Å². The van der Waals surface area contributed by atoms with E-state index in [9.17, 15) is 13.6 Å². The molecule has 0 bridgehead atoms. The van der Waals surface area contributed by atoms with Crippen LogP contribution in [0.15, 0.2) is 24.5 Å². The summed E-state index contributed by atoms with van der Waals surface area (Å²) in [4.78, 5) is 14.4. The highest BCUT2D eigenvalue weighted by Gasteiger charge is 2.32. The molecule has 0 N–H and O–H groups in total. The number of aromatic nitrogens is 1. The van der Waals surface area contributed by atoms with Crippen LogP contribution in [0.5, 0.6) is 0 Å². The Labute approximate surface area is 68.2 Å². The standard InChI is InChI=1S/C8H7F2NO/c1-8(9,10)7(12)6-3-2-4-11-5-6/h2-5H,1H3. The third-order valence-corrected chi connectivity index (χ3v) is 1.32. The lowest BCUT2D eigenvalue weighted by Gasteiger charge is -2.07. The van der Waals surface area contributed by atoms with Crippen molar-refractivity contribution in [1.82, 2.24) is 4.98 Å². The van der Waals surface area contributed by atoms with Crippen LogP contribution in [-0.2, 0) is 0 Å². The van der Waals surface area contributed by atoms with Gasteiger partial charge in [0, 0.05) is 24.9 Å². The zero-order valence-corrected chi connectivity index (χ0v) is 6.42. The maximum atomic E-state index is 12.4. The molecule has 4 heteroatoms. The quantitative estimate of drug-likeness (QED) is 0.636. The Morgan fingerprint density at radius 2 is 2.25 bits per heavy atom. The van der Waals surface area contributed by atoms with Crippen molar-refractivity contribution in [1.29, 1.82) is 0 Å². The Bertz CT molecular complexity index is 279. The van der Waals surface area contributed by atoms with Crippen molar-refractivity contribution in [3.63, 3.8) is 0 Å². The molecule has 2 nitrogen and oxygen atoms in total. The van der Waals surface area contributed by atoms with Crippen molar-refractivity contribution in [3.05, 3.63) is 30.1 Å². The van der Waals surface area contributed by atoms with Gasteiger partial charge in [-0.1, -0.05) is 0 Å². The van der Waals surface area contributed by atoms with E-state index in [0.29, 0.717) is 6.92 Å². The average Bonchev–Trinajstić information content (AvgIpc) is 2.03. The highest BCUT2D eigenvalue weighted by atomic mass is 19.3. The van der Waals surface area contributed by atoms with Crippen LogP contribution in [0.3, 0.4) is 0 Å². The van der Waals surface area contributed by atoms with Crippen LogP contribution in [-0.4, -0.2) is 16.7 Å². The Morgan fingerprint density at radius 1 is 1.58 bits per heavy atom. The number of hydrogen-bond acceptors (Lipinski definition) is 2. The fourth-order valence-corrected chi connectivity index (χ4v) is 0.751. The van der Waals surface area contributed by atoms with Crippen molar-refractivity contribution in [2.75, 3.05) is 0 Å². The molecule has 0 fully saturated rings. The number of Topliss-reactive ketones (excluding diaryl/α,β-unsaturated/α-hetero) is 1. The summed E-state index contributed by atoms with van der Waals surface area (Å²) < 4.78 is 24.8. The van der Waals surface area contributed by atoms with Gasteiger partial charge < -0.3 is 0 Å². The number of rotatable bonds is 2. The fourth-order valence-electron chi connectivity index (χ4n) is 0.751. The zero-order valence-electron chi connectivity index (χ0n) is 6.42. The number of nitrogens with zero attached hydrogens (tertiary/aromatic N) is 1. The van der Waals surface area contributed by atoms with Crippen molar-refractivity contribution in [2.24, 2.45) is 0 Å². The van der Waals surface area contributed by atoms with E-state index in [4.69, 9.17) is 0 Å². The molecule has 0 aromatic carbocycles. The molecule has 0 saturated carbocycles. The Balaban J connectivity index is 2.94. The third kappa shape index (κ3) is 1.84. The SMILES string of the molecule is CC(F)(F)C(=O)c1cccnc1. The minimum absolute atomic E-state index is 0.0648. The summed E-state index contributed by atoms with van der Waals surface area (Å²) in [5.74, 6) is -4.51. The van der Waals surface area contributed by atoms with Crippen molar-refractivity contribution in [2.45, 2.75) is 12.8 Å². The Morgan fingerprint density at radius 3 is 2.67 bits per heavy atom. The first-order chi connectivity index (χ1) is 5.52. The van der Waals surface area contributed by atoms with Gasteiger partial charge in [-0.3, -0.25) is 9.78 Å². The van der Waals surface area contributed by atoms with E-state index >= 15 is 0 Å². The fraction of sp³-hybridized carbons (Fsp3) is 0.250. The summed E-state index contributed by atoms with van der Waals surface area (Å²) in [6, 6.07) is 2.76. The minimum atomic E-state index is -3.32. The number of ketones is 1. The van der Waals surface area contributed by atoms with Gasteiger partial charge >= 0.3 is 5.92 Å². The van der Waals surface area contributed by atoms with E-state index in [0.717, 1.165) is 6.20 Å². The van der Waals surface area contributed by atoms with Gasteiger partial charge in [0.25, 0.3) is 0 Å². The van der Waals surface area contributed by atoms with E-state index in [-0.39, 0.29) is 5.56 Å². The molecule has 64 valence electrons. The van der Waals surface area contributed by atoms with Crippen LogP contribution in [0, 0.1) is 0 Å². The van der Waals surface area contributed by atoms with Crippen LogP contribution in [0.4, 0.5) is 8.78 Å². The van der Waals surface area contributed by atoms with Crippen LogP contribution >= 0.6 is 0 Å². The molecule has 0 aliphatic heterocycles. The number of hydrogen-bond donors (Lipinski definition) is 0. The predicted molar refractivity (Wildman–Crippen MR) is 39.2 cm³/mol. The van der Waals surface area contributed by atoms with Crippen molar-refractivity contribution >= 4 is 5.78 Å². The lowest BCUT2D eigenvalue weighted by Crippen LogP contribution is -2.24. The monoisotopic (exact) mass is 171 g/mol. The van der Waals surface area contributed by atoms with Gasteiger partial charge in [-0.2, -0.15) is 8.78 Å². The molecule has 1 aromatic rings. The summed E-state index contributed by atoms with van der Waals surface area (Å²) in [6.45, 7) is 0.572. The minimum Gasteiger partial charge on any atom is -0.287 e. The molecule has 0 saturated heterocycles. The van der Waals surface area contributed by atoms with E-state index < -0.39 is 11.7 Å². The van der Waals surface area contributed by atoms with Gasteiger partial charge in [-0.15, -0.1) is 0 Å². The molecule has 0 radical (unpaired) electrons. The summed E-state index contributed by atoms with van der Waals surface area (Å²) in [5, 5.41) is 0. The second-order valence-electron chi connectivity index (χ2n) is 2.46. The van der Waals surface area contributed by atoms with Gasteiger partial charge in [-0.25, -0.2) is 0 Å². The van der Waals surface area contributed by atoms with E-state index in [1.54, 1.807) is 0 Å². The molecule has 0 amide bonds. The van der Waals surface area contributed by atoms with E-state index in [1.807, 2.05) is 0 Å². The smallest absolute Gasteiger partial charge is 0.287 e. The molecule has 0 atom stereocenters. The predicted octanol–water partition coefficient (Wildman–Crippen LogP) is 1.92. The molecule has 0 aliphatic rings. The zero-order chi connectivity index (χ0) is 9.19. The van der Waals surface area contributed by atoms with E-state index in [2.05, 4.69) is 4.98 Å².